The fourth-order valence-electron chi connectivity index (χ4n) is 2.77. The van der Waals surface area contributed by atoms with E-state index in [0.717, 1.165) is 43.7 Å². The lowest BCUT2D eigenvalue weighted by atomic mass is 9.95. The predicted octanol–water partition coefficient (Wildman–Crippen LogP) is 2.83. The van der Waals surface area contributed by atoms with E-state index in [1.807, 2.05) is 24.8 Å². The number of halogens is 1. The molecule has 2 heterocycles. The zero-order chi connectivity index (χ0) is 14.5. The summed E-state index contributed by atoms with van der Waals surface area (Å²) in [7, 11) is 0. The van der Waals surface area contributed by atoms with Crippen LogP contribution in [0.4, 0.5) is 0 Å². The lowest BCUT2D eigenvalue weighted by molar-refractivity contribution is 0.0669. The van der Waals surface area contributed by atoms with Crippen LogP contribution in [0, 0.1) is 12.8 Å². The molecule has 110 valence electrons. The molecule has 0 bridgehead atoms. The molecular formula is C15H22ClN3O. The van der Waals surface area contributed by atoms with Crippen LogP contribution >= 0.6 is 11.6 Å². The number of rotatable bonds is 4. The number of nitrogens with zero attached hydrogens (tertiary/aromatic N) is 3. The Hall–Kier alpha value is -1.16. The molecule has 1 aliphatic rings. The van der Waals surface area contributed by atoms with Gasteiger partial charge in [-0.15, -0.1) is 11.6 Å². The van der Waals surface area contributed by atoms with Crippen molar-refractivity contribution < 1.29 is 4.79 Å². The van der Waals surface area contributed by atoms with Gasteiger partial charge in [0.15, 0.2) is 0 Å². The van der Waals surface area contributed by atoms with Gasteiger partial charge in [0.2, 0.25) is 0 Å². The summed E-state index contributed by atoms with van der Waals surface area (Å²) in [6.07, 6.45) is 3.95. The molecule has 1 fully saturated rings. The number of hydrogen-bond donors (Lipinski definition) is 0. The molecule has 1 aromatic heterocycles. The number of piperidine rings is 1. The first kappa shape index (κ1) is 15.2. The number of aryl methyl sites for hydroxylation is 2. The summed E-state index contributed by atoms with van der Waals surface area (Å²) in [5, 5.41) is 8.19. The van der Waals surface area contributed by atoms with E-state index >= 15 is 0 Å². The first-order chi connectivity index (χ1) is 9.65. The highest BCUT2D eigenvalue weighted by Crippen LogP contribution is 2.22. The van der Waals surface area contributed by atoms with Gasteiger partial charge in [-0.05, 0) is 44.6 Å². The number of alkyl halides is 1. The van der Waals surface area contributed by atoms with E-state index in [4.69, 9.17) is 11.6 Å². The minimum absolute atomic E-state index is 0.0964. The van der Waals surface area contributed by atoms with Gasteiger partial charge in [0.05, 0.1) is 17.0 Å². The maximum atomic E-state index is 12.7. The molecule has 0 saturated carbocycles. The van der Waals surface area contributed by atoms with Gasteiger partial charge in [-0.1, -0.05) is 6.92 Å². The summed E-state index contributed by atoms with van der Waals surface area (Å²) in [5.41, 5.74) is 2.30. The van der Waals surface area contributed by atoms with Crippen LogP contribution in [0.15, 0.2) is 6.07 Å². The number of aromatic nitrogens is 2. The van der Waals surface area contributed by atoms with Crippen LogP contribution in [-0.2, 0) is 6.42 Å². The highest BCUT2D eigenvalue weighted by molar-refractivity contribution is 6.17. The average Bonchev–Trinajstić information content (AvgIpc) is 2.47. The van der Waals surface area contributed by atoms with Gasteiger partial charge >= 0.3 is 0 Å². The number of hydrogen-bond acceptors (Lipinski definition) is 3. The van der Waals surface area contributed by atoms with E-state index in [9.17, 15) is 4.79 Å². The fourth-order valence-corrected chi connectivity index (χ4v) is 3.08. The van der Waals surface area contributed by atoms with Crippen molar-refractivity contribution >= 4 is 17.5 Å². The molecular weight excluding hydrogens is 274 g/mol. The van der Waals surface area contributed by atoms with Gasteiger partial charge in [-0.2, -0.15) is 10.2 Å². The molecule has 1 amide bonds. The summed E-state index contributed by atoms with van der Waals surface area (Å²) in [6, 6.07) is 1.86. The molecule has 2 rings (SSSR count). The van der Waals surface area contributed by atoms with Gasteiger partial charge in [0.1, 0.15) is 0 Å². The Morgan fingerprint density at radius 3 is 3.00 bits per heavy atom. The average molecular weight is 296 g/mol. The van der Waals surface area contributed by atoms with Crippen LogP contribution in [0.2, 0.25) is 0 Å². The molecule has 0 aromatic carbocycles. The molecule has 0 spiro atoms. The molecule has 5 heteroatoms. The van der Waals surface area contributed by atoms with Crippen LogP contribution in [0.1, 0.15) is 47.9 Å². The molecule has 0 N–H and O–H groups in total. The topological polar surface area (TPSA) is 46.1 Å². The lowest BCUT2D eigenvalue weighted by Gasteiger charge is -2.33. The second-order valence-corrected chi connectivity index (χ2v) is 5.81. The van der Waals surface area contributed by atoms with E-state index in [1.165, 1.54) is 6.42 Å². The maximum Gasteiger partial charge on any atom is 0.255 e. The number of carbonyl (C=O) groups excluding carboxylic acids is 1. The summed E-state index contributed by atoms with van der Waals surface area (Å²) < 4.78 is 0. The second-order valence-electron chi connectivity index (χ2n) is 5.44. The largest absolute Gasteiger partial charge is 0.338 e. The molecule has 1 aliphatic heterocycles. The van der Waals surface area contributed by atoms with Crippen LogP contribution in [0.3, 0.4) is 0 Å². The number of carbonyl (C=O) groups is 1. The molecule has 4 nitrogen and oxygen atoms in total. The second kappa shape index (κ2) is 7.02. The van der Waals surface area contributed by atoms with Gasteiger partial charge in [0, 0.05) is 19.0 Å². The van der Waals surface area contributed by atoms with E-state index in [2.05, 4.69) is 10.2 Å². The van der Waals surface area contributed by atoms with Crippen molar-refractivity contribution in [1.82, 2.24) is 15.1 Å². The van der Waals surface area contributed by atoms with Crippen molar-refractivity contribution in [3.63, 3.8) is 0 Å². The Kier molecular flexibility index (Phi) is 5.35. The van der Waals surface area contributed by atoms with Gasteiger partial charge < -0.3 is 4.90 Å². The first-order valence-electron chi connectivity index (χ1n) is 7.34. The molecule has 0 aliphatic carbocycles. The third-order valence-corrected chi connectivity index (χ3v) is 4.10. The predicted molar refractivity (Wildman–Crippen MR) is 80.1 cm³/mol. The summed E-state index contributed by atoms with van der Waals surface area (Å²) >= 11 is 5.83. The fraction of sp³-hybridized carbons (Fsp3) is 0.667. The van der Waals surface area contributed by atoms with Gasteiger partial charge in [-0.3, -0.25) is 4.79 Å². The van der Waals surface area contributed by atoms with Crippen molar-refractivity contribution in [3.8, 4) is 0 Å². The third kappa shape index (κ3) is 3.48. The van der Waals surface area contributed by atoms with E-state index in [-0.39, 0.29) is 5.91 Å². The Morgan fingerprint density at radius 2 is 2.30 bits per heavy atom. The number of likely N-dealkylation sites (tertiary alicyclic amines) is 1. The summed E-state index contributed by atoms with van der Waals surface area (Å²) in [4.78, 5) is 14.7. The minimum Gasteiger partial charge on any atom is -0.338 e. The Labute approximate surface area is 125 Å². The van der Waals surface area contributed by atoms with Crippen molar-refractivity contribution in [2.75, 3.05) is 19.0 Å². The standard InChI is InChI=1S/C15H22ClN3O/c1-3-14-13(9-11(2)17-18-14)15(20)19-8-4-5-12(10-19)6-7-16/h9,12H,3-8,10H2,1-2H3. The first-order valence-corrected chi connectivity index (χ1v) is 7.87. The van der Waals surface area contributed by atoms with E-state index in [1.54, 1.807) is 0 Å². The van der Waals surface area contributed by atoms with E-state index < -0.39 is 0 Å². The van der Waals surface area contributed by atoms with Gasteiger partial charge in [-0.25, -0.2) is 0 Å². The summed E-state index contributed by atoms with van der Waals surface area (Å²) in [5.74, 6) is 1.30. The Morgan fingerprint density at radius 1 is 1.50 bits per heavy atom. The highest BCUT2D eigenvalue weighted by Gasteiger charge is 2.25. The van der Waals surface area contributed by atoms with Crippen LogP contribution in [-0.4, -0.2) is 40.0 Å². The minimum atomic E-state index is 0.0964. The normalized spacial score (nSPS) is 19.1. The number of amides is 1. The van der Waals surface area contributed by atoms with Crippen molar-refractivity contribution in [3.05, 3.63) is 23.0 Å². The maximum absolute atomic E-state index is 12.7. The van der Waals surface area contributed by atoms with Crippen LogP contribution in [0.5, 0.6) is 0 Å². The molecule has 1 saturated heterocycles. The molecule has 0 radical (unpaired) electrons. The van der Waals surface area contributed by atoms with E-state index in [0.29, 0.717) is 17.4 Å². The smallest absolute Gasteiger partial charge is 0.255 e. The van der Waals surface area contributed by atoms with Gasteiger partial charge in [0.25, 0.3) is 5.91 Å². The summed E-state index contributed by atoms with van der Waals surface area (Å²) in [6.45, 7) is 5.52. The van der Waals surface area contributed by atoms with Crippen molar-refractivity contribution in [1.29, 1.82) is 0 Å². The van der Waals surface area contributed by atoms with Crippen molar-refractivity contribution in [2.24, 2.45) is 5.92 Å². The van der Waals surface area contributed by atoms with Crippen molar-refractivity contribution in [2.45, 2.75) is 39.5 Å². The quantitative estimate of drug-likeness (QED) is 0.803. The zero-order valence-electron chi connectivity index (χ0n) is 12.2. The van der Waals surface area contributed by atoms with Crippen LogP contribution < -0.4 is 0 Å². The Balaban J connectivity index is 2.16. The molecule has 1 aromatic rings. The highest BCUT2D eigenvalue weighted by atomic mass is 35.5. The molecule has 1 unspecified atom stereocenters. The monoisotopic (exact) mass is 295 g/mol. The molecule has 20 heavy (non-hydrogen) atoms. The Bertz CT molecular complexity index is 476. The van der Waals surface area contributed by atoms with Crippen LogP contribution in [0.25, 0.3) is 0 Å². The SMILES string of the molecule is CCc1nnc(C)cc1C(=O)N1CCCC(CCCl)C1. The molecule has 1 atom stereocenters. The third-order valence-electron chi connectivity index (χ3n) is 3.88. The lowest BCUT2D eigenvalue weighted by Crippen LogP contribution is -2.40. The zero-order valence-corrected chi connectivity index (χ0v) is 13.0.